The summed E-state index contributed by atoms with van der Waals surface area (Å²) in [5, 5.41) is 14.7. The molecule has 9 nitrogen and oxygen atoms in total. The second-order valence-electron chi connectivity index (χ2n) is 21.9. The third-order valence-electron chi connectivity index (χ3n) is 19.0. The number of hydrogen-bond donors (Lipinski definition) is 2. The quantitative estimate of drug-likeness (QED) is 0.211. The third kappa shape index (κ3) is 7.19. The number of carboxylic acid groups (broad SMARTS) is 1. The average Bonchev–Trinajstić information content (AvgIpc) is 3.56. The van der Waals surface area contributed by atoms with Crippen LogP contribution >= 0.6 is 0 Å². The van der Waals surface area contributed by atoms with E-state index in [1.165, 1.54) is 68.1 Å². The summed E-state index contributed by atoms with van der Waals surface area (Å²) in [6, 6.07) is 2.14. The first-order chi connectivity index (χ1) is 27.8. The molecule has 1 saturated heterocycles. The van der Waals surface area contributed by atoms with E-state index in [-0.39, 0.29) is 33.8 Å². The molecule has 5 fully saturated rings. The highest BCUT2D eigenvalue weighted by molar-refractivity contribution is 7.91. The second-order valence-corrected chi connectivity index (χ2v) is 24.2. The van der Waals surface area contributed by atoms with Crippen molar-refractivity contribution in [2.45, 2.75) is 137 Å². The highest BCUT2D eigenvalue weighted by Crippen LogP contribution is 2.76. The van der Waals surface area contributed by atoms with Crippen molar-refractivity contribution in [3.05, 3.63) is 53.4 Å². The van der Waals surface area contributed by atoms with Gasteiger partial charge in [-0.1, -0.05) is 58.9 Å². The van der Waals surface area contributed by atoms with Gasteiger partial charge in [0.15, 0.2) is 9.84 Å². The molecule has 6 aliphatic carbocycles. The van der Waals surface area contributed by atoms with Crippen molar-refractivity contribution in [1.82, 2.24) is 20.2 Å². The molecule has 1 aromatic rings. The molecule has 0 aromatic carbocycles. The lowest BCUT2D eigenvalue weighted by Crippen LogP contribution is -2.68. The van der Waals surface area contributed by atoms with Crippen molar-refractivity contribution >= 4 is 15.8 Å². The fourth-order valence-corrected chi connectivity index (χ4v) is 16.8. The Labute approximate surface area is 355 Å². The lowest BCUT2D eigenvalue weighted by molar-refractivity contribution is -0.221. The van der Waals surface area contributed by atoms with Crippen LogP contribution in [0.4, 0.5) is 0 Å². The number of carboxylic acids is 1. The number of sulfone groups is 1. The normalized spacial score (nSPS) is 41.3. The predicted molar refractivity (Wildman–Crippen MR) is 235 cm³/mol. The summed E-state index contributed by atoms with van der Waals surface area (Å²) in [6.07, 6.45) is 20.1. The molecule has 0 spiro atoms. The number of allylic oxidation sites excluding steroid dienone is 5. The van der Waals surface area contributed by atoms with Gasteiger partial charge in [-0.2, -0.15) is 0 Å². The van der Waals surface area contributed by atoms with Crippen LogP contribution in [-0.2, 0) is 14.6 Å². The average molecular weight is 831 g/mol. The van der Waals surface area contributed by atoms with Crippen LogP contribution in [0.2, 0.25) is 0 Å². The monoisotopic (exact) mass is 831 g/mol. The summed E-state index contributed by atoms with van der Waals surface area (Å²) in [4.78, 5) is 23.7. The van der Waals surface area contributed by atoms with Gasteiger partial charge in [0.1, 0.15) is 0 Å². The van der Waals surface area contributed by atoms with E-state index in [1.807, 2.05) is 13.0 Å². The lowest BCUT2D eigenvalue weighted by atomic mass is 9.33. The predicted octanol–water partition coefficient (Wildman–Crippen LogP) is 9.00. The number of aryl methyl sites for hydroxylation is 1. The fourth-order valence-electron chi connectivity index (χ4n) is 15.5. The highest BCUT2D eigenvalue weighted by atomic mass is 32.2. The zero-order valence-electron chi connectivity index (χ0n) is 37.4. The number of ether oxygens (including phenoxy) is 1. The maximum Gasteiger partial charge on any atom is 0.316 e. The summed E-state index contributed by atoms with van der Waals surface area (Å²) < 4.78 is 30.0. The molecule has 0 amide bonds. The Morgan fingerprint density at radius 3 is 2.41 bits per heavy atom. The number of fused-ring (bicyclic) bond motifs is 7. The lowest BCUT2D eigenvalue weighted by Gasteiger charge is -2.72. The van der Waals surface area contributed by atoms with Gasteiger partial charge in [0.25, 0.3) is 0 Å². The molecule has 4 unspecified atom stereocenters. The van der Waals surface area contributed by atoms with E-state index in [0.717, 1.165) is 31.6 Å². The highest BCUT2D eigenvalue weighted by Gasteiger charge is 2.70. The van der Waals surface area contributed by atoms with Crippen molar-refractivity contribution in [2.24, 2.45) is 56.7 Å². The van der Waals surface area contributed by atoms with Crippen LogP contribution in [0.1, 0.15) is 131 Å². The molecule has 1 aliphatic heterocycles. The van der Waals surface area contributed by atoms with Crippen molar-refractivity contribution < 1.29 is 23.1 Å². The maximum atomic E-state index is 12.8. The van der Waals surface area contributed by atoms with E-state index in [4.69, 9.17) is 4.74 Å². The van der Waals surface area contributed by atoms with Crippen LogP contribution < -0.4 is 10.1 Å². The first kappa shape index (κ1) is 43.1. The number of aliphatic carboxylic acids is 1. The molecular weight excluding hydrogens is 757 g/mol. The Morgan fingerprint density at radius 2 is 1.73 bits per heavy atom. The number of aromatic nitrogens is 2. The van der Waals surface area contributed by atoms with Crippen LogP contribution in [0, 0.1) is 63.6 Å². The number of nitrogens with zero attached hydrogens (tertiary/aromatic N) is 3. The van der Waals surface area contributed by atoms with Crippen LogP contribution in [0.3, 0.4) is 0 Å². The van der Waals surface area contributed by atoms with E-state index in [1.54, 1.807) is 6.20 Å². The molecule has 2 N–H and O–H groups in total. The van der Waals surface area contributed by atoms with Crippen molar-refractivity contribution in [3.63, 3.8) is 0 Å². The Balaban J connectivity index is 0.991. The standard InChI is InChI=1S/C49H74N4O5S/c1-33(2)36-13-21-49(51-26-27-53-28-31-59(56,57)32-29-53)23-22-46(7)38(41(36)49)9-10-40-45(6)17-14-37(44(4,5)39(45)15-18-47(40,46)8)35-11-19-48(20-12-35,42(54)55)24-30-58-43-50-25-16-34(3)52-43/h11,14,16,25,36,38-41,51H,1,9-10,12-13,15,17-24,26-32H2,2-8H3,(H,54,55)/t36-,38+,39?,40?,41?,45-,46+,47+,48?,49-/m0/s1. The zero-order valence-corrected chi connectivity index (χ0v) is 38.2. The first-order valence-corrected chi connectivity index (χ1v) is 25.0. The van der Waals surface area contributed by atoms with Gasteiger partial charge in [0, 0.05) is 43.6 Å². The molecule has 10 atom stereocenters. The van der Waals surface area contributed by atoms with Gasteiger partial charge in [-0.3, -0.25) is 4.79 Å². The molecule has 59 heavy (non-hydrogen) atoms. The van der Waals surface area contributed by atoms with Gasteiger partial charge in [-0.25, -0.2) is 18.4 Å². The van der Waals surface area contributed by atoms with E-state index >= 15 is 0 Å². The molecule has 4 saturated carbocycles. The topological polar surface area (TPSA) is 122 Å². The molecule has 7 aliphatic rings. The van der Waals surface area contributed by atoms with Gasteiger partial charge in [0.05, 0.1) is 23.5 Å². The Kier molecular flexibility index (Phi) is 11.2. The van der Waals surface area contributed by atoms with Gasteiger partial charge in [-0.05, 0) is 166 Å². The molecule has 326 valence electrons. The summed E-state index contributed by atoms with van der Waals surface area (Å²) in [7, 11) is -2.87. The molecule has 1 aromatic heterocycles. The summed E-state index contributed by atoms with van der Waals surface area (Å²) in [5.74, 6) is 2.89. The SMILES string of the molecule is C=C(C)[C@@H]1CC[C@]2(NCCN3CCS(=O)(=O)CC3)CC[C@]3(C)[C@H](CCC4[C@@]5(C)CC=C(C6=CCC(CCOc7nccc(C)n7)(C(=O)O)CC6)C(C)(C)C5CC[C@]43C)C12. The van der Waals surface area contributed by atoms with Crippen LogP contribution in [0.15, 0.2) is 47.7 Å². The van der Waals surface area contributed by atoms with E-state index in [2.05, 4.69) is 80.5 Å². The Hall–Kier alpha value is -2.56. The molecule has 2 heterocycles. The zero-order chi connectivity index (χ0) is 42.2. The first-order valence-electron chi connectivity index (χ1n) is 23.2. The van der Waals surface area contributed by atoms with Gasteiger partial charge in [-0.15, -0.1) is 0 Å². The largest absolute Gasteiger partial charge is 0.481 e. The molecule has 0 bridgehead atoms. The number of hydrogen-bond acceptors (Lipinski definition) is 8. The smallest absolute Gasteiger partial charge is 0.316 e. The Morgan fingerprint density at radius 1 is 0.966 bits per heavy atom. The summed E-state index contributed by atoms with van der Waals surface area (Å²) in [6.45, 7) is 25.4. The third-order valence-corrected chi connectivity index (χ3v) is 20.6. The van der Waals surface area contributed by atoms with Crippen LogP contribution in [-0.4, -0.2) is 84.2 Å². The summed E-state index contributed by atoms with van der Waals surface area (Å²) in [5.41, 5.74) is 5.07. The molecule has 8 rings (SSSR count). The van der Waals surface area contributed by atoms with E-state index in [0.29, 0.717) is 79.5 Å². The van der Waals surface area contributed by atoms with Gasteiger partial charge >= 0.3 is 12.0 Å². The van der Waals surface area contributed by atoms with Crippen molar-refractivity contribution in [3.8, 4) is 6.01 Å². The summed E-state index contributed by atoms with van der Waals surface area (Å²) >= 11 is 0. The fraction of sp³-hybridized carbons (Fsp3) is 0.776. The minimum absolute atomic E-state index is 0.00738. The van der Waals surface area contributed by atoms with Crippen LogP contribution in [0.5, 0.6) is 6.01 Å². The van der Waals surface area contributed by atoms with Crippen LogP contribution in [0.25, 0.3) is 0 Å². The number of carbonyl (C=O) groups is 1. The van der Waals surface area contributed by atoms with Gasteiger partial charge in [0.2, 0.25) is 0 Å². The maximum absolute atomic E-state index is 12.8. The van der Waals surface area contributed by atoms with E-state index in [9.17, 15) is 18.3 Å². The second kappa shape index (κ2) is 15.4. The Bertz CT molecular complexity index is 1980. The molecular formula is C49H74N4O5S. The minimum Gasteiger partial charge on any atom is -0.481 e. The molecule has 10 heteroatoms. The minimum atomic E-state index is -2.87. The number of nitrogens with one attached hydrogen (secondary N) is 1. The molecule has 0 radical (unpaired) electrons. The van der Waals surface area contributed by atoms with Crippen molar-refractivity contribution in [1.29, 1.82) is 0 Å². The van der Waals surface area contributed by atoms with Gasteiger partial charge < -0.3 is 20.1 Å². The van der Waals surface area contributed by atoms with E-state index < -0.39 is 21.2 Å². The van der Waals surface area contributed by atoms with Crippen molar-refractivity contribution in [2.75, 3.05) is 44.3 Å². The number of rotatable bonds is 11.